The van der Waals surface area contributed by atoms with E-state index in [4.69, 9.17) is 0 Å². The van der Waals surface area contributed by atoms with Crippen LogP contribution in [0.5, 0.6) is 0 Å². The first-order valence-corrected chi connectivity index (χ1v) is 12.2. The number of Topliss-reactive ketones (excluding diaryl/α,β-unsaturated/α-hetero) is 1. The molecule has 1 fully saturated rings. The third kappa shape index (κ3) is 4.79. The summed E-state index contributed by atoms with van der Waals surface area (Å²) in [7, 11) is 0. The topological polar surface area (TPSA) is 92.7 Å². The van der Waals surface area contributed by atoms with Gasteiger partial charge in [0.15, 0.2) is 10.9 Å². The molecular formula is C22H33N5O2S. The van der Waals surface area contributed by atoms with Crippen LogP contribution in [0.25, 0.3) is 0 Å². The van der Waals surface area contributed by atoms with E-state index < -0.39 is 0 Å². The number of thioether (sulfide) groups is 1. The number of aromatic amines is 1. The fraction of sp³-hybridized carbons (Fsp3) is 0.636. The van der Waals surface area contributed by atoms with Gasteiger partial charge in [0.1, 0.15) is 11.5 Å². The molecule has 0 saturated heterocycles. The molecule has 2 aromatic heterocycles. The van der Waals surface area contributed by atoms with Crippen LogP contribution < -0.4 is 5.32 Å². The molecule has 0 radical (unpaired) electrons. The van der Waals surface area contributed by atoms with Crippen molar-refractivity contribution in [1.82, 2.24) is 25.1 Å². The molecule has 30 heavy (non-hydrogen) atoms. The van der Waals surface area contributed by atoms with Gasteiger partial charge in [-0.15, -0.1) is 10.2 Å². The number of rotatable bonds is 10. The van der Waals surface area contributed by atoms with Gasteiger partial charge in [0.2, 0.25) is 0 Å². The molecular weight excluding hydrogens is 398 g/mol. The van der Waals surface area contributed by atoms with Gasteiger partial charge in [-0.05, 0) is 51.3 Å². The lowest BCUT2D eigenvalue weighted by Crippen LogP contribution is -2.26. The molecule has 0 spiro atoms. The highest BCUT2D eigenvalue weighted by atomic mass is 32.2. The summed E-state index contributed by atoms with van der Waals surface area (Å²) in [6.07, 6.45) is 10.1. The van der Waals surface area contributed by atoms with Crippen molar-refractivity contribution in [1.29, 1.82) is 0 Å². The minimum atomic E-state index is -0.142. The fourth-order valence-corrected chi connectivity index (χ4v) is 5.10. The van der Waals surface area contributed by atoms with Crippen molar-refractivity contribution in [3.05, 3.63) is 28.3 Å². The second-order valence-corrected chi connectivity index (χ2v) is 8.83. The largest absolute Gasteiger partial charge is 0.354 e. The molecule has 7 nitrogen and oxygen atoms in total. The highest BCUT2D eigenvalue weighted by molar-refractivity contribution is 7.98. The van der Waals surface area contributed by atoms with Gasteiger partial charge in [0, 0.05) is 30.3 Å². The number of hydrogen-bond acceptors (Lipinski definition) is 5. The van der Waals surface area contributed by atoms with Crippen LogP contribution in [-0.2, 0) is 12.8 Å². The minimum absolute atomic E-state index is 0.00194. The highest BCUT2D eigenvalue weighted by Crippen LogP contribution is 2.33. The van der Waals surface area contributed by atoms with Gasteiger partial charge in [-0.2, -0.15) is 0 Å². The molecule has 1 amide bonds. The predicted molar refractivity (Wildman–Crippen MR) is 119 cm³/mol. The molecule has 2 heterocycles. The normalized spacial score (nSPS) is 14.4. The number of aromatic nitrogens is 4. The van der Waals surface area contributed by atoms with Crippen molar-refractivity contribution in [2.75, 3.05) is 12.8 Å². The molecule has 1 aliphatic rings. The molecule has 2 N–H and O–H groups in total. The van der Waals surface area contributed by atoms with Gasteiger partial charge < -0.3 is 14.9 Å². The molecule has 1 aliphatic carbocycles. The Hall–Kier alpha value is -2.09. The smallest absolute Gasteiger partial charge is 0.268 e. The molecule has 0 aliphatic heterocycles. The zero-order valence-electron chi connectivity index (χ0n) is 18.5. The van der Waals surface area contributed by atoms with Gasteiger partial charge in [-0.25, -0.2) is 0 Å². The van der Waals surface area contributed by atoms with Crippen LogP contribution in [0, 0.1) is 6.92 Å². The van der Waals surface area contributed by atoms with Gasteiger partial charge in [-0.3, -0.25) is 9.59 Å². The SMILES string of the molecule is CCCc1c(C(=O)NCCCc2nnc(SC)n2C2CCCC2)[nH]c(C)c1C(C)=O. The van der Waals surface area contributed by atoms with E-state index in [0.29, 0.717) is 30.3 Å². The van der Waals surface area contributed by atoms with Crippen molar-refractivity contribution in [2.24, 2.45) is 0 Å². The summed E-state index contributed by atoms with van der Waals surface area (Å²) in [5.74, 6) is 0.875. The Morgan fingerprint density at radius 3 is 2.60 bits per heavy atom. The average molecular weight is 432 g/mol. The van der Waals surface area contributed by atoms with Gasteiger partial charge >= 0.3 is 0 Å². The van der Waals surface area contributed by atoms with Crippen LogP contribution in [0.4, 0.5) is 0 Å². The summed E-state index contributed by atoms with van der Waals surface area (Å²) in [6.45, 7) is 6.02. The van der Waals surface area contributed by atoms with Crippen molar-refractivity contribution in [2.45, 2.75) is 83.3 Å². The van der Waals surface area contributed by atoms with Crippen LogP contribution in [0.2, 0.25) is 0 Å². The van der Waals surface area contributed by atoms with Crippen molar-refractivity contribution in [3.8, 4) is 0 Å². The molecule has 1 saturated carbocycles. The van der Waals surface area contributed by atoms with Gasteiger partial charge in [0.05, 0.1) is 0 Å². The Kier molecular flexibility index (Phi) is 7.75. The summed E-state index contributed by atoms with van der Waals surface area (Å²) in [5.41, 5.74) is 2.80. The van der Waals surface area contributed by atoms with Crippen molar-refractivity contribution in [3.63, 3.8) is 0 Å². The Labute approximate surface area is 182 Å². The number of nitrogens with one attached hydrogen (secondary N) is 2. The summed E-state index contributed by atoms with van der Waals surface area (Å²) in [4.78, 5) is 27.9. The number of aryl methyl sites for hydroxylation is 2. The summed E-state index contributed by atoms with van der Waals surface area (Å²) in [6, 6.07) is 0.510. The number of nitrogens with zero attached hydrogens (tertiary/aromatic N) is 3. The third-order valence-electron chi connectivity index (χ3n) is 5.84. The quantitative estimate of drug-likeness (QED) is 0.333. The summed E-state index contributed by atoms with van der Waals surface area (Å²) in [5, 5.41) is 12.8. The fourth-order valence-electron chi connectivity index (χ4n) is 4.53. The standard InChI is InChI=1S/C22H33N5O2S/c1-5-9-17-19(15(3)28)14(2)24-20(17)21(29)23-13-8-12-18-25-26-22(30-4)27(18)16-10-6-7-11-16/h16,24H,5-13H2,1-4H3,(H,23,29). The van der Waals surface area contributed by atoms with E-state index in [2.05, 4.69) is 32.0 Å². The van der Waals surface area contributed by atoms with Gasteiger partial charge in [0.25, 0.3) is 5.91 Å². The van der Waals surface area contributed by atoms with Crippen LogP contribution in [-0.4, -0.2) is 44.2 Å². The first-order valence-electron chi connectivity index (χ1n) is 11.0. The number of carbonyl (C=O) groups is 2. The minimum Gasteiger partial charge on any atom is -0.354 e. The third-order valence-corrected chi connectivity index (χ3v) is 6.48. The van der Waals surface area contributed by atoms with Gasteiger partial charge in [-0.1, -0.05) is 37.9 Å². The average Bonchev–Trinajstić information content (AvgIpc) is 3.43. The molecule has 0 aromatic carbocycles. The van der Waals surface area contributed by atoms with Crippen LogP contribution in [0.15, 0.2) is 5.16 Å². The van der Waals surface area contributed by atoms with Crippen molar-refractivity contribution < 1.29 is 9.59 Å². The Balaban J connectivity index is 1.62. The number of carbonyl (C=O) groups excluding carboxylic acids is 2. The number of ketones is 1. The monoisotopic (exact) mass is 431 g/mol. The number of hydrogen-bond donors (Lipinski definition) is 2. The molecule has 0 atom stereocenters. The molecule has 8 heteroatoms. The van der Waals surface area contributed by atoms with E-state index in [1.165, 1.54) is 25.7 Å². The molecule has 2 aromatic rings. The maximum absolute atomic E-state index is 12.8. The van der Waals surface area contributed by atoms with E-state index in [-0.39, 0.29) is 11.7 Å². The van der Waals surface area contributed by atoms with E-state index >= 15 is 0 Å². The van der Waals surface area contributed by atoms with E-state index in [1.807, 2.05) is 13.2 Å². The summed E-state index contributed by atoms with van der Waals surface area (Å²) < 4.78 is 2.31. The van der Waals surface area contributed by atoms with E-state index in [1.54, 1.807) is 18.7 Å². The lowest BCUT2D eigenvalue weighted by atomic mass is 10.0. The first-order chi connectivity index (χ1) is 14.5. The molecule has 0 bridgehead atoms. The predicted octanol–water partition coefficient (Wildman–Crippen LogP) is 4.27. The van der Waals surface area contributed by atoms with E-state index in [0.717, 1.165) is 41.5 Å². The van der Waals surface area contributed by atoms with E-state index in [9.17, 15) is 9.59 Å². The lowest BCUT2D eigenvalue weighted by Gasteiger charge is -2.16. The molecule has 164 valence electrons. The Morgan fingerprint density at radius 2 is 1.97 bits per heavy atom. The van der Waals surface area contributed by atoms with Crippen LogP contribution in [0.1, 0.15) is 96.3 Å². The maximum Gasteiger partial charge on any atom is 0.268 e. The van der Waals surface area contributed by atoms with Crippen LogP contribution >= 0.6 is 11.8 Å². The zero-order valence-corrected chi connectivity index (χ0v) is 19.3. The highest BCUT2D eigenvalue weighted by Gasteiger charge is 2.24. The Bertz CT molecular complexity index is 896. The summed E-state index contributed by atoms with van der Waals surface area (Å²) >= 11 is 1.64. The first kappa shape index (κ1) is 22.6. The lowest BCUT2D eigenvalue weighted by molar-refractivity contribution is 0.0947. The maximum atomic E-state index is 12.8. The zero-order chi connectivity index (χ0) is 21.7. The van der Waals surface area contributed by atoms with Crippen LogP contribution in [0.3, 0.4) is 0 Å². The number of amides is 1. The molecule has 3 rings (SSSR count). The Morgan fingerprint density at radius 1 is 1.23 bits per heavy atom. The van der Waals surface area contributed by atoms with Crippen molar-refractivity contribution >= 4 is 23.5 Å². The molecule has 0 unspecified atom stereocenters. The second-order valence-electron chi connectivity index (χ2n) is 8.06. The number of H-pyrrole nitrogens is 1. The second kappa shape index (κ2) is 10.3.